The molecule has 200 valence electrons. The zero-order chi connectivity index (χ0) is 26.2. The Morgan fingerprint density at radius 2 is 1.86 bits per heavy atom. The van der Waals surface area contributed by atoms with Crippen LogP contribution in [0.25, 0.3) is 0 Å². The Bertz CT molecular complexity index is 1200. The zero-order valence-corrected chi connectivity index (χ0v) is 20.0. The first kappa shape index (κ1) is 24.7. The van der Waals surface area contributed by atoms with Gasteiger partial charge in [-0.25, -0.2) is 0 Å². The highest BCUT2D eigenvalue weighted by Crippen LogP contribution is 2.57. The van der Waals surface area contributed by atoms with Crippen LogP contribution in [0.3, 0.4) is 0 Å². The molecular weight excluding hydrogens is 500 g/mol. The fraction of sp³-hybridized carbons (Fsp3) is 0.640. The van der Waals surface area contributed by atoms with E-state index in [9.17, 15) is 31.1 Å². The molecule has 6 nitrogen and oxygen atoms in total. The number of hydrogen-bond donors (Lipinski definition) is 0. The van der Waals surface area contributed by atoms with E-state index in [1.807, 2.05) is 0 Å². The zero-order valence-electron chi connectivity index (χ0n) is 20.0. The Morgan fingerprint density at radius 3 is 2.57 bits per heavy atom. The van der Waals surface area contributed by atoms with Gasteiger partial charge in [0.1, 0.15) is 0 Å². The molecule has 1 amide bonds. The third kappa shape index (κ3) is 4.21. The molecule has 0 spiro atoms. The standard InChI is InChI=1S/C25H27F6N5O/c26-24(27,28)17-8-15-12-34(6-3-20(15)32-11-17)22(37)23-5-1-2-16(23)9-18(10-23)35-13-19(14-35)36-7-4-21(33-36)25(29,30)31/h4,7-8,11,16,18-19H,1-3,5-6,9-10,12-14H2/t16-,18-,23-/m1/s1. The predicted molar refractivity (Wildman–Crippen MR) is 119 cm³/mol. The first-order valence-corrected chi connectivity index (χ1v) is 12.6. The summed E-state index contributed by atoms with van der Waals surface area (Å²) in [6, 6.07) is 2.14. The number of fused-ring (bicyclic) bond motifs is 2. The number of hydrogen-bond acceptors (Lipinski definition) is 4. The van der Waals surface area contributed by atoms with Gasteiger partial charge in [-0.1, -0.05) is 6.42 Å². The third-order valence-electron chi connectivity index (χ3n) is 8.87. The van der Waals surface area contributed by atoms with Gasteiger partial charge in [-0.05, 0) is 49.3 Å². The minimum Gasteiger partial charge on any atom is -0.337 e. The number of alkyl halides is 6. The van der Waals surface area contributed by atoms with Crippen molar-refractivity contribution in [2.45, 2.75) is 69.5 Å². The summed E-state index contributed by atoms with van der Waals surface area (Å²) >= 11 is 0. The summed E-state index contributed by atoms with van der Waals surface area (Å²) in [6.07, 6.45) is -2.10. The molecule has 0 radical (unpaired) electrons. The molecule has 2 aliphatic carbocycles. The molecule has 0 unspecified atom stereocenters. The summed E-state index contributed by atoms with van der Waals surface area (Å²) in [7, 11) is 0. The van der Waals surface area contributed by atoms with Crippen LogP contribution in [0, 0.1) is 11.3 Å². The van der Waals surface area contributed by atoms with E-state index in [4.69, 9.17) is 0 Å². The lowest BCUT2D eigenvalue weighted by Gasteiger charge is -2.44. The summed E-state index contributed by atoms with van der Waals surface area (Å²) < 4.78 is 79.7. The van der Waals surface area contributed by atoms with Crippen LogP contribution >= 0.6 is 0 Å². The Morgan fingerprint density at radius 1 is 1.08 bits per heavy atom. The van der Waals surface area contributed by atoms with Gasteiger partial charge in [0.25, 0.3) is 0 Å². The number of aromatic nitrogens is 3. The highest BCUT2D eigenvalue weighted by atomic mass is 19.4. The Balaban J connectivity index is 1.13. The van der Waals surface area contributed by atoms with Crippen LogP contribution in [0.5, 0.6) is 0 Å². The van der Waals surface area contributed by atoms with Crippen molar-refractivity contribution in [3.05, 3.63) is 47.0 Å². The lowest BCUT2D eigenvalue weighted by atomic mass is 9.78. The van der Waals surface area contributed by atoms with Crippen LogP contribution in [0.1, 0.15) is 60.7 Å². The SMILES string of the molecule is O=C(N1CCc2ncc(C(F)(F)F)cc2C1)[C@@]12CCC[C@@H]1C[C@@H](N1CC(n3ccc(C(F)(F)F)n3)C1)C2. The maximum absolute atomic E-state index is 13.9. The molecular formula is C25H27F6N5O. The fourth-order valence-electron chi connectivity index (χ4n) is 6.95. The van der Waals surface area contributed by atoms with Crippen molar-refractivity contribution in [2.24, 2.45) is 11.3 Å². The second-order valence-corrected chi connectivity index (χ2v) is 10.9. The molecule has 2 aromatic rings. The smallest absolute Gasteiger partial charge is 0.337 e. The molecule has 4 aliphatic rings. The number of pyridine rings is 1. The molecule has 6 rings (SSSR count). The van der Waals surface area contributed by atoms with E-state index in [0.29, 0.717) is 43.7 Å². The lowest BCUT2D eigenvalue weighted by molar-refractivity contribution is -0.144. The van der Waals surface area contributed by atoms with Crippen molar-refractivity contribution in [1.82, 2.24) is 24.6 Å². The van der Waals surface area contributed by atoms with Crippen LogP contribution in [0.4, 0.5) is 26.3 Å². The molecule has 0 N–H and O–H groups in total. The molecule has 3 fully saturated rings. The van der Waals surface area contributed by atoms with E-state index in [1.165, 1.54) is 10.9 Å². The average molecular weight is 528 g/mol. The monoisotopic (exact) mass is 527 g/mol. The van der Waals surface area contributed by atoms with E-state index in [-0.39, 0.29) is 30.5 Å². The van der Waals surface area contributed by atoms with E-state index >= 15 is 0 Å². The van der Waals surface area contributed by atoms with Crippen molar-refractivity contribution in [3.63, 3.8) is 0 Å². The number of rotatable bonds is 3. The van der Waals surface area contributed by atoms with Crippen molar-refractivity contribution >= 4 is 5.91 Å². The average Bonchev–Trinajstić information content (AvgIpc) is 3.51. The molecule has 4 heterocycles. The van der Waals surface area contributed by atoms with Gasteiger partial charge in [0.05, 0.1) is 17.0 Å². The summed E-state index contributed by atoms with van der Waals surface area (Å²) in [5.74, 6) is 0.242. The Labute approximate surface area is 209 Å². The summed E-state index contributed by atoms with van der Waals surface area (Å²) in [4.78, 5) is 21.9. The van der Waals surface area contributed by atoms with E-state index in [2.05, 4.69) is 15.0 Å². The van der Waals surface area contributed by atoms with Crippen molar-refractivity contribution < 1.29 is 31.1 Å². The number of halogens is 6. The van der Waals surface area contributed by atoms with Gasteiger partial charge < -0.3 is 4.90 Å². The van der Waals surface area contributed by atoms with Gasteiger partial charge >= 0.3 is 12.4 Å². The number of likely N-dealkylation sites (tertiary alicyclic amines) is 1. The van der Waals surface area contributed by atoms with Crippen molar-refractivity contribution in [2.75, 3.05) is 19.6 Å². The van der Waals surface area contributed by atoms with Crippen LogP contribution in [0.15, 0.2) is 24.5 Å². The Hall–Kier alpha value is -2.63. The van der Waals surface area contributed by atoms with Crippen LogP contribution < -0.4 is 0 Å². The number of carbonyl (C=O) groups excluding carboxylic acids is 1. The topological polar surface area (TPSA) is 54.3 Å². The molecule has 3 atom stereocenters. The maximum Gasteiger partial charge on any atom is 0.435 e. The second kappa shape index (κ2) is 8.44. The van der Waals surface area contributed by atoms with Crippen LogP contribution in [-0.2, 0) is 30.1 Å². The third-order valence-corrected chi connectivity index (χ3v) is 8.87. The number of carbonyl (C=O) groups is 1. The summed E-state index contributed by atoms with van der Waals surface area (Å²) in [5.41, 5.74) is -1.15. The maximum atomic E-state index is 13.9. The highest BCUT2D eigenvalue weighted by molar-refractivity contribution is 5.84. The largest absolute Gasteiger partial charge is 0.435 e. The fourth-order valence-corrected chi connectivity index (χ4v) is 6.95. The van der Waals surface area contributed by atoms with E-state index in [0.717, 1.165) is 44.0 Å². The lowest BCUT2D eigenvalue weighted by Crippen LogP contribution is -2.53. The number of nitrogens with zero attached hydrogens (tertiary/aromatic N) is 5. The first-order chi connectivity index (χ1) is 17.4. The van der Waals surface area contributed by atoms with Gasteiger partial charge in [-0.2, -0.15) is 31.4 Å². The minimum atomic E-state index is -4.48. The summed E-state index contributed by atoms with van der Waals surface area (Å²) in [5, 5.41) is 3.69. The Kier molecular flexibility index (Phi) is 5.63. The molecule has 0 aromatic carbocycles. The number of amides is 1. The van der Waals surface area contributed by atoms with Crippen LogP contribution in [-0.4, -0.2) is 56.1 Å². The predicted octanol–water partition coefficient (Wildman–Crippen LogP) is 4.71. The summed E-state index contributed by atoms with van der Waals surface area (Å²) in [6.45, 7) is 1.75. The van der Waals surface area contributed by atoms with Gasteiger partial charge in [0, 0.05) is 56.7 Å². The van der Waals surface area contributed by atoms with Crippen LogP contribution in [0.2, 0.25) is 0 Å². The van der Waals surface area contributed by atoms with Gasteiger partial charge in [0.15, 0.2) is 5.69 Å². The molecule has 2 aliphatic heterocycles. The molecule has 12 heteroatoms. The quantitative estimate of drug-likeness (QED) is 0.543. The van der Waals surface area contributed by atoms with Crippen molar-refractivity contribution in [1.29, 1.82) is 0 Å². The first-order valence-electron chi connectivity index (χ1n) is 12.6. The molecule has 2 saturated carbocycles. The highest BCUT2D eigenvalue weighted by Gasteiger charge is 2.58. The second-order valence-electron chi connectivity index (χ2n) is 10.9. The van der Waals surface area contributed by atoms with E-state index in [1.54, 1.807) is 4.90 Å². The van der Waals surface area contributed by atoms with Crippen molar-refractivity contribution in [3.8, 4) is 0 Å². The van der Waals surface area contributed by atoms with Gasteiger partial charge in [-0.15, -0.1) is 0 Å². The molecule has 2 aromatic heterocycles. The molecule has 0 bridgehead atoms. The van der Waals surface area contributed by atoms with Gasteiger partial charge in [-0.3, -0.25) is 19.4 Å². The normalized spacial score (nSPS) is 28.8. The molecule has 37 heavy (non-hydrogen) atoms. The van der Waals surface area contributed by atoms with Gasteiger partial charge in [0.2, 0.25) is 5.91 Å². The minimum absolute atomic E-state index is 0.0273. The molecule has 1 saturated heterocycles. The van der Waals surface area contributed by atoms with E-state index < -0.39 is 29.0 Å².